The zero-order valence-corrected chi connectivity index (χ0v) is 7.17. The molecule has 0 aromatic heterocycles. The number of nitrogens with zero attached hydrogens (tertiary/aromatic N) is 1. The number of hydrogen-bond acceptors (Lipinski definition) is 2. The van der Waals surface area contributed by atoms with Crippen molar-refractivity contribution in [1.82, 2.24) is 0 Å². The van der Waals surface area contributed by atoms with Gasteiger partial charge in [-0.15, -0.1) is 0 Å². The predicted octanol–water partition coefficient (Wildman–Crippen LogP) is 2.03. The van der Waals surface area contributed by atoms with Gasteiger partial charge in [0, 0.05) is 12.1 Å². The van der Waals surface area contributed by atoms with E-state index in [2.05, 4.69) is 6.07 Å². The van der Waals surface area contributed by atoms with Crippen LogP contribution in [0.4, 0.5) is 5.69 Å². The predicted molar refractivity (Wildman–Crippen MR) is 49.5 cm³/mol. The largest absolute Gasteiger partial charge is 0.399 e. The Morgan fingerprint density at radius 3 is 2.83 bits per heavy atom. The average Bonchev–Trinajstić information content (AvgIpc) is 2.07. The van der Waals surface area contributed by atoms with Gasteiger partial charge in [0.15, 0.2) is 0 Å². The van der Waals surface area contributed by atoms with Crippen molar-refractivity contribution in [2.24, 2.45) is 0 Å². The highest BCUT2D eigenvalue weighted by Gasteiger charge is 1.95. The molecule has 0 amide bonds. The van der Waals surface area contributed by atoms with Gasteiger partial charge in [-0.1, -0.05) is 12.1 Å². The minimum Gasteiger partial charge on any atom is -0.399 e. The van der Waals surface area contributed by atoms with Gasteiger partial charge in [0.1, 0.15) is 0 Å². The molecule has 12 heavy (non-hydrogen) atoms. The van der Waals surface area contributed by atoms with Gasteiger partial charge in [0.2, 0.25) is 0 Å². The van der Waals surface area contributed by atoms with E-state index in [4.69, 9.17) is 11.0 Å². The number of nitrogen functional groups attached to an aromatic ring is 1. The van der Waals surface area contributed by atoms with Gasteiger partial charge in [-0.25, -0.2) is 0 Å². The number of anilines is 1. The lowest BCUT2D eigenvalue weighted by Gasteiger charge is -2.02. The Balaban J connectivity index is 2.77. The molecule has 1 aromatic carbocycles. The Labute approximate surface area is 72.6 Å². The van der Waals surface area contributed by atoms with E-state index < -0.39 is 0 Å². The number of hydrogen-bond donors (Lipinski definition) is 1. The highest BCUT2D eigenvalue weighted by Crippen LogP contribution is 2.13. The molecule has 0 aliphatic rings. The molecule has 0 bridgehead atoms. The van der Waals surface area contributed by atoms with Crippen LogP contribution in [0.5, 0.6) is 0 Å². The van der Waals surface area contributed by atoms with Gasteiger partial charge >= 0.3 is 0 Å². The summed E-state index contributed by atoms with van der Waals surface area (Å²) in [6.45, 7) is 1.98. The fourth-order valence-corrected chi connectivity index (χ4v) is 1.05. The molecule has 0 heterocycles. The van der Waals surface area contributed by atoms with E-state index in [9.17, 15) is 0 Å². The fourth-order valence-electron chi connectivity index (χ4n) is 1.05. The van der Waals surface area contributed by atoms with Crippen molar-refractivity contribution in [2.75, 3.05) is 5.73 Å². The third kappa shape index (κ3) is 2.00. The van der Waals surface area contributed by atoms with E-state index in [-0.39, 0.29) is 0 Å². The lowest BCUT2D eigenvalue weighted by Crippen LogP contribution is -1.92. The van der Waals surface area contributed by atoms with Crippen LogP contribution >= 0.6 is 0 Å². The topological polar surface area (TPSA) is 49.8 Å². The minimum absolute atomic E-state index is 0.558. The molecule has 0 fully saturated rings. The van der Waals surface area contributed by atoms with Crippen LogP contribution in [-0.2, 0) is 6.42 Å². The highest BCUT2D eigenvalue weighted by atomic mass is 14.5. The standard InChI is InChI=1S/C10H12N2/c1-8-4-5-9(3-2-6-11)7-10(8)12/h4-5,7H,2-3,12H2,1H3. The molecule has 0 aliphatic heterocycles. The molecular formula is C10H12N2. The summed E-state index contributed by atoms with van der Waals surface area (Å²) in [5.41, 5.74) is 8.75. The maximum absolute atomic E-state index is 8.37. The summed E-state index contributed by atoms with van der Waals surface area (Å²) in [6.07, 6.45) is 1.35. The summed E-state index contributed by atoms with van der Waals surface area (Å²) in [7, 11) is 0. The van der Waals surface area contributed by atoms with E-state index in [1.54, 1.807) is 0 Å². The SMILES string of the molecule is Cc1ccc(CCC#N)cc1N. The third-order valence-corrected chi connectivity index (χ3v) is 1.87. The van der Waals surface area contributed by atoms with Gasteiger partial charge in [0.05, 0.1) is 6.07 Å². The second-order valence-electron chi connectivity index (χ2n) is 2.85. The first-order valence-electron chi connectivity index (χ1n) is 3.96. The lowest BCUT2D eigenvalue weighted by atomic mass is 10.1. The van der Waals surface area contributed by atoms with Crippen molar-refractivity contribution in [3.63, 3.8) is 0 Å². The molecule has 2 N–H and O–H groups in total. The van der Waals surface area contributed by atoms with Crippen LogP contribution in [-0.4, -0.2) is 0 Å². The molecule has 1 rings (SSSR count). The number of nitrogens with two attached hydrogens (primary N) is 1. The van der Waals surface area contributed by atoms with Gasteiger partial charge < -0.3 is 5.73 Å². The summed E-state index contributed by atoms with van der Waals surface area (Å²) in [5, 5.41) is 8.37. The number of nitriles is 1. The zero-order valence-electron chi connectivity index (χ0n) is 7.17. The Bertz CT molecular complexity index is 310. The molecule has 0 spiro atoms. The summed E-state index contributed by atoms with van der Waals surface area (Å²) in [6, 6.07) is 8.05. The molecule has 1 aromatic rings. The molecule has 0 saturated carbocycles. The molecule has 0 aliphatic carbocycles. The minimum atomic E-state index is 0.558. The summed E-state index contributed by atoms with van der Waals surface area (Å²) >= 11 is 0. The van der Waals surface area contributed by atoms with Crippen molar-refractivity contribution < 1.29 is 0 Å². The Morgan fingerprint density at radius 1 is 1.50 bits per heavy atom. The highest BCUT2D eigenvalue weighted by molar-refractivity contribution is 5.48. The van der Waals surface area contributed by atoms with E-state index >= 15 is 0 Å². The number of benzene rings is 1. The second kappa shape index (κ2) is 3.77. The maximum atomic E-state index is 8.37. The van der Waals surface area contributed by atoms with E-state index in [0.29, 0.717) is 6.42 Å². The van der Waals surface area contributed by atoms with Crippen molar-refractivity contribution >= 4 is 5.69 Å². The third-order valence-electron chi connectivity index (χ3n) is 1.87. The van der Waals surface area contributed by atoms with E-state index in [0.717, 1.165) is 23.2 Å². The summed E-state index contributed by atoms with van der Waals surface area (Å²) in [4.78, 5) is 0. The smallest absolute Gasteiger partial charge is 0.0625 e. The van der Waals surface area contributed by atoms with Crippen LogP contribution in [0, 0.1) is 18.3 Å². The van der Waals surface area contributed by atoms with Crippen LogP contribution in [0.2, 0.25) is 0 Å². The van der Waals surface area contributed by atoms with Crippen LogP contribution in [0.25, 0.3) is 0 Å². The molecule has 0 radical (unpaired) electrons. The van der Waals surface area contributed by atoms with E-state index in [1.165, 1.54) is 0 Å². The van der Waals surface area contributed by atoms with Crippen LogP contribution < -0.4 is 5.73 Å². The molecule has 2 heteroatoms. The molecule has 2 nitrogen and oxygen atoms in total. The van der Waals surface area contributed by atoms with Crippen molar-refractivity contribution in [2.45, 2.75) is 19.8 Å². The molecule has 62 valence electrons. The first kappa shape index (κ1) is 8.61. The Morgan fingerprint density at radius 2 is 2.25 bits per heavy atom. The van der Waals surface area contributed by atoms with Crippen LogP contribution in [0.1, 0.15) is 17.5 Å². The lowest BCUT2D eigenvalue weighted by molar-refractivity contribution is 1.01. The molecule has 0 unspecified atom stereocenters. The van der Waals surface area contributed by atoms with Crippen molar-refractivity contribution in [3.8, 4) is 6.07 Å². The normalized spacial score (nSPS) is 9.33. The van der Waals surface area contributed by atoms with Crippen molar-refractivity contribution in [3.05, 3.63) is 29.3 Å². The maximum Gasteiger partial charge on any atom is 0.0625 e. The van der Waals surface area contributed by atoms with Gasteiger partial charge in [-0.05, 0) is 30.5 Å². The number of rotatable bonds is 2. The number of aryl methyl sites for hydroxylation is 2. The van der Waals surface area contributed by atoms with Gasteiger partial charge in [0.25, 0.3) is 0 Å². The molecular weight excluding hydrogens is 148 g/mol. The van der Waals surface area contributed by atoms with Crippen LogP contribution in [0.3, 0.4) is 0 Å². The Hall–Kier alpha value is -1.49. The Kier molecular flexibility index (Phi) is 2.71. The summed E-state index contributed by atoms with van der Waals surface area (Å²) < 4.78 is 0. The molecule has 0 atom stereocenters. The van der Waals surface area contributed by atoms with Gasteiger partial charge in [-0.3, -0.25) is 0 Å². The van der Waals surface area contributed by atoms with Crippen LogP contribution in [0.15, 0.2) is 18.2 Å². The summed E-state index contributed by atoms with van der Waals surface area (Å²) in [5.74, 6) is 0. The second-order valence-corrected chi connectivity index (χ2v) is 2.85. The first-order valence-corrected chi connectivity index (χ1v) is 3.96. The molecule has 0 saturated heterocycles. The zero-order chi connectivity index (χ0) is 8.97. The quantitative estimate of drug-likeness (QED) is 0.673. The fraction of sp³-hybridized carbons (Fsp3) is 0.300. The average molecular weight is 160 g/mol. The van der Waals surface area contributed by atoms with Crippen molar-refractivity contribution in [1.29, 1.82) is 5.26 Å². The monoisotopic (exact) mass is 160 g/mol. The van der Waals surface area contributed by atoms with Gasteiger partial charge in [-0.2, -0.15) is 5.26 Å². The first-order chi connectivity index (χ1) is 5.74. The van der Waals surface area contributed by atoms with E-state index in [1.807, 2.05) is 25.1 Å².